The first-order chi connectivity index (χ1) is 7.81. The minimum atomic E-state index is -0.148. The lowest BCUT2D eigenvalue weighted by Gasteiger charge is -2.05. The number of rotatable bonds is 3. The van der Waals surface area contributed by atoms with E-state index < -0.39 is 0 Å². The molecule has 1 nitrogen and oxygen atoms in total. The Morgan fingerprint density at radius 1 is 0.875 bits per heavy atom. The van der Waals surface area contributed by atoms with E-state index in [0.29, 0.717) is 0 Å². The van der Waals surface area contributed by atoms with Gasteiger partial charge in [0.25, 0.3) is 0 Å². The summed E-state index contributed by atoms with van der Waals surface area (Å²) in [6, 6.07) is 18.2. The van der Waals surface area contributed by atoms with Gasteiger partial charge >= 0.3 is 0 Å². The molecule has 0 aromatic heterocycles. The molecule has 0 spiro atoms. The third-order valence-corrected chi connectivity index (χ3v) is 2.69. The standard InChI is InChI=1S/C15H13O/c1-12(11-16)13-7-9-15(10-8-13)14-5-3-2-4-6-14/h2-10,12H,1H3. The van der Waals surface area contributed by atoms with E-state index in [2.05, 4.69) is 12.1 Å². The molecular formula is C15H13O. The van der Waals surface area contributed by atoms with E-state index >= 15 is 0 Å². The maximum Gasteiger partial charge on any atom is 0.206 e. The third kappa shape index (κ3) is 2.19. The molecular weight excluding hydrogens is 196 g/mol. The number of carbonyl (C=O) groups excluding carboxylic acids is 1. The molecule has 0 bridgehead atoms. The van der Waals surface area contributed by atoms with Crippen molar-refractivity contribution in [1.29, 1.82) is 0 Å². The van der Waals surface area contributed by atoms with Crippen LogP contribution >= 0.6 is 0 Å². The lowest BCUT2D eigenvalue weighted by atomic mass is 9.98. The van der Waals surface area contributed by atoms with Crippen LogP contribution in [0.5, 0.6) is 0 Å². The Labute approximate surface area is 95.7 Å². The third-order valence-electron chi connectivity index (χ3n) is 2.69. The summed E-state index contributed by atoms with van der Waals surface area (Å²) in [6.45, 7) is 1.85. The Kier molecular flexibility index (Phi) is 3.16. The van der Waals surface area contributed by atoms with Crippen LogP contribution in [-0.2, 0) is 4.79 Å². The summed E-state index contributed by atoms with van der Waals surface area (Å²) < 4.78 is 0. The second kappa shape index (κ2) is 4.75. The highest BCUT2D eigenvalue weighted by molar-refractivity contribution is 5.66. The van der Waals surface area contributed by atoms with Gasteiger partial charge in [-0.05, 0) is 16.7 Å². The molecule has 0 fully saturated rings. The maximum atomic E-state index is 10.5. The van der Waals surface area contributed by atoms with Crippen LogP contribution in [0.1, 0.15) is 18.4 Å². The molecule has 79 valence electrons. The Hall–Kier alpha value is -1.89. The van der Waals surface area contributed by atoms with Gasteiger partial charge in [0.15, 0.2) is 0 Å². The molecule has 16 heavy (non-hydrogen) atoms. The van der Waals surface area contributed by atoms with Crippen molar-refractivity contribution in [3.05, 3.63) is 60.2 Å². The summed E-state index contributed by atoms with van der Waals surface area (Å²) in [5.41, 5.74) is 3.37. The first-order valence-electron chi connectivity index (χ1n) is 5.34. The Bertz CT molecular complexity index is 457. The van der Waals surface area contributed by atoms with Gasteiger partial charge in [0.2, 0.25) is 6.29 Å². The van der Waals surface area contributed by atoms with Gasteiger partial charge in [0.05, 0.1) is 0 Å². The van der Waals surface area contributed by atoms with E-state index in [-0.39, 0.29) is 5.92 Å². The van der Waals surface area contributed by atoms with E-state index in [9.17, 15) is 4.79 Å². The fraction of sp³-hybridized carbons (Fsp3) is 0.133. The quantitative estimate of drug-likeness (QED) is 0.755. The minimum Gasteiger partial charge on any atom is -0.290 e. The Balaban J connectivity index is 2.30. The second-order valence-electron chi connectivity index (χ2n) is 3.83. The molecule has 0 amide bonds. The van der Waals surface area contributed by atoms with Crippen LogP contribution < -0.4 is 0 Å². The zero-order chi connectivity index (χ0) is 11.4. The molecule has 0 aliphatic heterocycles. The summed E-state index contributed by atoms with van der Waals surface area (Å²) >= 11 is 0. The highest BCUT2D eigenvalue weighted by Gasteiger charge is 2.04. The number of hydrogen-bond donors (Lipinski definition) is 0. The number of benzene rings is 2. The summed E-state index contributed by atoms with van der Waals surface area (Å²) in [5.74, 6) is -0.148. The van der Waals surface area contributed by atoms with Gasteiger partial charge in [-0.15, -0.1) is 0 Å². The average Bonchev–Trinajstić information content (AvgIpc) is 2.39. The summed E-state index contributed by atoms with van der Waals surface area (Å²) in [5, 5.41) is 0. The topological polar surface area (TPSA) is 17.1 Å². The van der Waals surface area contributed by atoms with Crippen molar-refractivity contribution in [1.82, 2.24) is 0 Å². The van der Waals surface area contributed by atoms with Crippen LogP contribution in [0.15, 0.2) is 54.6 Å². The lowest BCUT2D eigenvalue weighted by Crippen LogP contribution is -1.93. The van der Waals surface area contributed by atoms with Crippen LogP contribution in [-0.4, -0.2) is 6.29 Å². The van der Waals surface area contributed by atoms with Crippen molar-refractivity contribution < 1.29 is 4.79 Å². The van der Waals surface area contributed by atoms with Gasteiger partial charge < -0.3 is 0 Å². The highest BCUT2D eigenvalue weighted by Crippen LogP contribution is 2.21. The minimum absolute atomic E-state index is 0.148. The summed E-state index contributed by atoms with van der Waals surface area (Å²) in [6.07, 6.45) is 1.99. The van der Waals surface area contributed by atoms with E-state index in [1.54, 1.807) is 0 Å². The van der Waals surface area contributed by atoms with E-state index in [0.717, 1.165) is 5.56 Å². The van der Waals surface area contributed by atoms with Crippen molar-refractivity contribution in [2.24, 2.45) is 0 Å². The van der Waals surface area contributed by atoms with E-state index in [1.165, 1.54) is 11.1 Å². The molecule has 2 rings (SSSR count). The van der Waals surface area contributed by atoms with Gasteiger partial charge in [-0.2, -0.15) is 0 Å². The van der Waals surface area contributed by atoms with Crippen LogP contribution in [0.4, 0.5) is 0 Å². The molecule has 0 aliphatic carbocycles. The molecule has 0 heterocycles. The largest absolute Gasteiger partial charge is 0.290 e. The van der Waals surface area contributed by atoms with E-state index in [4.69, 9.17) is 0 Å². The molecule has 0 saturated heterocycles. The Morgan fingerprint density at radius 2 is 1.44 bits per heavy atom. The lowest BCUT2D eigenvalue weighted by molar-refractivity contribution is 0.546. The van der Waals surface area contributed by atoms with Crippen molar-refractivity contribution in [2.45, 2.75) is 12.8 Å². The summed E-state index contributed by atoms with van der Waals surface area (Å²) in [4.78, 5) is 10.5. The zero-order valence-corrected chi connectivity index (χ0v) is 9.18. The fourth-order valence-electron chi connectivity index (χ4n) is 1.66. The SMILES string of the molecule is CC([C]=O)c1ccc(-c2ccccc2)cc1. The first kappa shape index (κ1) is 10.6. The molecule has 2 aromatic carbocycles. The molecule has 0 N–H and O–H groups in total. The zero-order valence-electron chi connectivity index (χ0n) is 9.18. The van der Waals surface area contributed by atoms with Gasteiger partial charge in [-0.25, -0.2) is 0 Å². The van der Waals surface area contributed by atoms with Crippen molar-refractivity contribution in [2.75, 3.05) is 0 Å². The molecule has 0 aliphatic rings. The molecule has 1 atom stereocenters. The van der Waals surface area contributed by atoms with Crippen molar-refractivity contribution >= 4 is 6.29 Å². The summed E-state index contributed by atoms with van der Waals surface area (Å²) in [7, 11) is 0. The molecule has 1 radical (unpaired) electrons. The van der Waals surface area contributed by atoms with Crippen LogP contribution in [0.2, 0.25) is 0 Å². The predicted octanol–water partition coefficient (Wildman–Crippen LogP) is 3.57. The fourth-order valence-corrected chi connectivity index (χ4v) is 1.66. The van der Waals surface area contributed by atoms with Gasteiger partial charge in [0, 0.05) is 5.92 Å². The van der Waals surface area contributed by atoms with Crippen LogP contribution in [0.25, 0.3) is 11.1 Å². The maximum absolute atomic E-state index is 10.5. The molecule has 1 unspecified atom stereocenters. The number of hydrogen-bond acceptors (Lipinski definition) is 1. The van der Waals surface area contributed by atoms with Gasteiger partial charge in [-0.1, -0.05) is 61.5 Å². The van der Waals surface area contributed by atoms with Gasteiger partial charge in [0.1, 0.15) is 0 Å². The molecule has 1 heteroatoms. The highest BCUT2D eigenvalue weighted by atomic mass is 16.1. The van der Waals surface area contributed by atoms with Crippen LogP contribution in [0, 0.1) is 0 Å². The monoisotopic (exact) mass is 209 g/mol. The average molecular weight is 209 g/mol. The first-order valence-corrected chi connectivity index (χ1v) is 5.34. The van der Waals surface area contributed by atoms with Crippen molar-refractivity contribution in [3.63, 3.8) is 0 Å². The van der Waals surface area contributed by atoms with Crippen molar-refractivity contribution in [3.8, 4) is 11.1 Å². The Morgan fingerprint density at radius 3 is 2.00 bits per heavy atom. The smallest absolute Gasteiger partial charge is 0.206 e. The van der Waals surface area contributed by atoms with Crippen LogP contribution in [0.3, 0.4) is 0 Å². The normalized spacial score (nSPS) is 12.1. The van der Waals surface area contributed by atoms with Gasteiger partial charge in [-0.3, -0.25) is 4.79 Å². The second-order valence-corrected chi connectivity index (χ2v) is 3.83. The predicted molar refractivity (Wildman–Crippen MR) is 66.0 cm³/mol. The molecule has 0 saturated carbocycles. The molecule has 2 aromatic rings. The van der Waals surface area contributed by atoms with E-state index in [1.807, 2.05) is 55.7 Å².